The average Bonchev–Trinajstić information content (AvgIpc) is 2.69. The summed E-state index contributed by atoms with van der Waals surface area (Å²) in [6.07, 6.45) is -1.75. The molecule has 0 aliphatic heterocycles. The summed E-state index contributed by atoms with van der Waals surface area (Å²) < 4.78 is 0. The van der Waals surface area contributed by atoms with Gasteiger partial charge in [-0.2, -0.15) is 0 Å². The first-order valence-electron chi connectivity index (χ1n) is 10.9. The average molecular weight is 463 g/mol. The van der Waals surface area contributed by atoms with E-state index < -0.39 is 41.6 Å². The Morgan fingerprint density at radius 2 is 1.28 bits per heavy atom. The first-order chi connectivity index (χ1) is 15.0. The predicted molar refractivity (Wildman–Crippen MR) is 116 cm³/mol. The van der Waals surface area contributed by atoms with Crippen LogP contribution < -0.4 is 5.32 Å². The van der Waals surface area contributed by atoms with Gasteiger partial charge in [0.2, 0.25) is 11.2 Å². The number of hydrogen-bond acceptors (Lipinski definition) is 7. The fraction of sp³-hybridized carbons (Fsp3) is 0.800. The summed E-state index contributed by atoms with van der Waals surface area (Å²) in [7, 11) is 0. The zero-order valence-corrected chi connectivity index (χ0v) is 19.6. The number of carboxylic acid groups (broad SMARTS) is 4. The molecule has 0 heterocycles. The number of hydrogen-bond donors (Lipinski definition) is 5. The van der Waals surface area contributed by atoms with Crippen LogP contribution in [0.25, 0.3) is 0 Å². The molecule has 0 saturated carbocycles. The highest BCUT2D eigenvalue weighted by atomic mass is 16.4. The number of likely N-dealkylation sites (N-methyl/N-ethyl adjacent to an activating group) is 1. The minimum atomic E-state index is -2.91. The number of nitrogens with zero attached hydrogens (tertiary/aromatic N) is 3. The molecule has 12 heteroatoms. The molecule has 0 aromatic carbocycles. The molecule has 32 heavy (non-hydrogen) atoms. The molecule has 0 aromatic rings. The third kappa shape index (κ3) is 5.67. The Bertz CT molecular complexity index is 652. The van der Waals surface area contributed by atoms with Crippen LogP contribution >= 0.6 is 0 Å². The van der Waals surface area contributed by atoms with Gasteiger partial charge in [0.05, 0.1) is 6.42 Å². The van der Waals surface area contributed by atoms with Crippen molar-refractivity contribution < 1.29 is 39.6 Å². The molecule has 0 radical (unpaired) electrons. The van der Waals surface area contributed by atoms with Crippen LogP contribution in [0, 0.1) is 0 Å². The molecule has 0 aromatic heterocycles. The predicted octanol–water partition coefficient (Wildman–Crippen LogP) is 1.42. The van der Waals surface area contributed by atoms with E-state index in [2.05, 4.69) is 5.32 Å². The Balaban J connectivity index is 7.67. The van der Waals surface area contributed by atoms with Crippen LogP contribution in [-0.4, -0.2) is 103 Å². The Kier molecular flexibility index (Phi) is 12.2. The standard InChI is InChI=1S/C20H38N4O8/c1-6-11-21-20(17(29)30,22(9-4)10-5)19(16(27)28,14-15(25)26)24(18(31)32)23(12-7-2)13-8-3/h21H,6-14H2,1-5H3,(H,25,26)(H,27,28)(H,29,30)(H,31,32). The topological polar surface area (TPSA) is 171 Å². The number of carboxylic acids is 3. The SMILES string of the molecule is CCCNC(C(=O)O)(N(CC)CC)C(CC(=O)O)(C(=O)O)N(C(=O)O)N(CCC)CCC. The van der Waals surface area contributed by atoms with E-state index in [-0.39, 0.29) is 32.7 Å². The van der Waals surface area contributed by atoms with Crippen LogP contribution in [-0.2, 0) is 14.4 Å². The molecule has 0 saturated heterocycles. The van der Waals surface area contributed by atoms with Crippen molar-refractivity contribution in [1.82, 2.24) is 20.2 Å². The monoisotopic (exact) mass is 462 g/mol. The van der Waals surface area contributed by atoms with Gasteiger partial charge >= 0.3 is 24.0 Å². The zero-order valence-electron chi connectivity index (χ0n) is 19.6. The van der Waals surface area contributed by atoms with Crippen LogP contribution in [0.3, 0.4) is 0 Å². The lowest BCUT2D eigenvalue weighted by Gasteiger charge is -2.55. The fourth-order valence-corrected chi connectivity index (χ4v) is 4.16. The first-order valence-corrected chi connectivity index (χ1v) is 10.9. The van der Waals surface area contributed by atoms with Gasteiger partial charge in [-0.05, 0) is 38.9 Å². The van der Waals surface area contributed by atoms with Crippen LogP contribution in [0.15, 0.2) is 0 Å². The van der Waals surface area contributed by atoms with E-state index in [0.29, 0.717) is 24.3 Å². The summed E-state index contributed by atoms with van der Waals surface area (Å²) in [6.45, 7) is 8.72. The lowest BCUT2D eigenvalue weighted by atomic mass is 9.77. The van der Waals surface area contributed by atoms with E-state index in [1.807, 2.05) is 0 Å². The van der Waals surface area contributed by atoms with Gasteiger partial charge in [0.15, 0.2) is 0 Å². The normalized spacial score (nSPS) is 15.2. The fourth-order valence-electron chi connectivity index (χ4n) is 4.16. The van der Waals surface area contributed by atoms with Crippen molar-refractivity contribution in [2.75, 3.05) is 32.7 Å². The molecule has 2 unspecified atom stereocenters. The van der Waals surface area contributed by atoms with Gasteiger partial charge in [-0.3, -0.25) is 15.0 Å². The van der Waals surface area contributed by atoms with Crippen LogP contribution in [0.2, 0.25) is 0 Å². The highest BCUT2D eigenvalue weighted by Crippen LogP contribution is 2.38. The van der Waals surface area contributed by atoms with Gasteiger partial charge in [0, 0.05) is 13.1 Å². The van der Waals surface area contributed by atoms with Crippen LogP contribution in [0.1, 0.15) is 60.3 Å². The van der Waals surface area contributed by atoms with E-state index in [1.54, 1.807) is 34.6 Å². The molecule has 0 rings (SSSR count). The number of carbonyl (C=O) groups is 4. The lowest BCUT2D eigenvalue weighted by Crippen LogP contribution is -2.85. The highest BCUT2D eigenvalue weighted by molar-refractivity contribution is 5.98. The van der Waals surface area contributed by atoms with E-state index in [4.69, 9.17) is 0 Å². The zero-order chi connectivity index (χ0) is 25.1. The lowest BCUT2D eigenvalue weighted by molar-refractivity contribution is -0.208. The summed E-state index contributed by atoms with van der Waals surface area (Å²) in [6, 6.07) is 0. The Morgan fingerprint density at radius 3 is 1.56 bits per heavy atom. The Hall–Kier alpha value is -2.44. The van der Waals surface area contributed by atoms with Crippen molar-refractivity contribution in [2.24, 2.45) is 0 Å². The van der Waals surface area contributed by atoms with Crippen molar-refractivity contribution in [1.29, 1.82) is 0 Å². The molecule has 186 valence electrons. The van der Waals surface area contributed by atoms with E-state index >= 15 is 0 Å². The largest absolute Gasteiger partial charge is 0.481 e. The van der Waals surface area contributed by atoms with Crippen molar-refractivity contribution in [3.63, 3.8) is 0 Å². The second kappa shape index (κ2) is 13.2. The van der Waals surface area contributed by atoms with Crippen molar-refractivity contribution in [2.45, 2.75) is 71.5 Å². The number of rotatable bonds is 17. The maximum atomic E-state index is 12.9. The van der Waals surface area contributed by atoms with E-state index in [1.165, 1.54) is 9.91 Å². The summed E-state index contributed by atoms with van der Waals surface area (Å²) >= 11 is 0. The minimum Gasteiger partial charge on any atom is -0.481 e. The van der Waals surface area contributed by atoms with Gasteiger partial charge in [-0.1, -0.05) is 34.6 Å². The van der Waals surface area contributed by atoms with Crippen LogP contribution in [0.5, 0.6) is 0 Å². The maximum Gasteiger partial charge on any atom is 0.423 e. The Morgan fingerprint density at radius 1 is 0.781 bits per heavy atom. The van der Waals surface area contributed by atoms with E-state index in [9.17, 15) is 39.6 Å². The molecule has 12 nitrogen and oxygen atoms in total. The molecule has 0 aliphatic rings. The van der Waals surface area contributed by atoms with Gasteiger partial charge in [0.1, 0.15) is 0 Å². The third-order valence-corrected chi connectivity index (χ3v) is 5.33. The smallest absolute Gasteiger partial charge is 0.423 e. The second-order valence-corrected chi connectivity index (χ2v) is 7.40. The number of nitrogens with one attached hydrogen (secondary N) is 1. The minimum absolute atomic E-state index is 0.0203. The van der Waals surface area contributed by atoms with Crippen LogP contribution in [0.4, 0.5) is 4.79 Å². The molecule has 0 bridgehead atoms. The molecule has 0 spiro atoms. The first kappa shape index (κ1) is 29.6. The summed E-state index contributed by atoms with van der Waals surface area (Å²) in [5.74, 6) is -5.17. The van der Waals surface area contributed by atoms with E-state index in [0.717, 1.165) is 0 Å². The molecule has 1 amide bonds. The quantitative estimate of drug-likeness (QED) is 0.156. The van der Waals surface area contributed by atoms with Gasteiger partial charge in [-0.15, -0.1) is 0 Å². The molecule has 0 fully saturated rings. The summed E-state index contributed by atoms with van der Waals surface area (Å²) in [5, 5.41) is 45.2. The van der Waals surface area contributed by atoms with Gasteiger partial charge in [0.25, 0.3) is 0 Å². The van der Waals surface area contributed by atoms with Gasteiger partial charge in [-0.25, -0.2) is 24.4 Å². The molecular formula is C20H38N4O8. The molecular weight excluding hydrogens is 424 g/mol. The van der Waals surface area contributed by atoms with Crippen molar-refractivity contribution >= 4 is 24.0 Å². The molecule has 2 atom stereocenters. The molecule has 5 N–H and O–H groups in total. The van der Waals surface area contributed by atoms with Crippen molar-refractivity contribution in [3.8, 4) is 0 Å². The highest BCUT2D eigenvalue weighted by Gasteiger charge is 2.70. The number of aliphatic carboxylic acids is 3. The number of hydrazine groups is 1. The Labute approximate surface area is 188 Å². The summed E-state index contributed by atoms with van der Waals surface area (Å²) in [5.41, 5.74) is -5.48. The summed E-state index contributed by atoms with van der Waals surface area (Å²) in [4.78, 5) is 51.6. The maximum absolute atomic E-state index is 12.9. The van der Waals surface area contributed by atoms with Gasteiger partial charge < -0.3 is 20.4 Å². The second-order valence-electron chi connectivity index (χ2n) is 7.40. The van der Waals surface area contributed by atoms with Crippen molar-refractivity contribution in [3.05, 3.63) is 0 Å². The molecule has 0 aliphatic carbocycles. The third-order valence-electron chi connectivity index (χ3n) is 5.33. The number of amides is 1.